The SMILES string of the molecule is C[C@@H](O)CNc1cc(F)cc(F)c1. The second kappa shape index (κ2) is 4.18. The van der Waals surface area contributed by atoms with E-state index in [1.165, 1.54) is 12.1 Å². The number of anilines is 1. The molecule has 0 aliphatic carbocycles. The Bertz CT molecular complexity index is 269. The molecule has 2 nitrogen and oxygen atoms in total. The third kappa shape index (κ3) is 3.38. The van der Waals surface area contributed by atoms with Crippen molar-refractivity contribution in [2.45, 2.75) is 13.0 Å². The fourth-order valence-electron chi connectivity index (χ4n) is 0.921. The van der Waals surface area contributed by atoms with E-state index in [0.29, 0.717) is 5.69 Å². The number of aliphatic hydroxyl groups is 1. The van der Waals surface area contributed by atoms with Crippen LogP contribution in [0.4, 0.5) is 14.5 Å². The first-order valence-corrected chi connectivity index (χ1v) is 3.96. The van der Waals surface area contributed by atoms with Crippen LogP contribution in [0.5, 0.6) is 0 Å². The lowest BCUT2D eigenvalue weighted by Crippen LogP contribution is -2.15. The first-order valence-electron chi connectivity index (χ1n) is 3.96. The molecule has 0 bridgehead atoms. The van der Waals surface area contributed by atoms with Gasteiger partial charge in [0.2, 0.25) is 0 Å². The standard InChI is InChI=1S/C9H11F2NO/c1-6(13)5-12-9-3-7(10)2-8(11)4-9/h2-4,6,12-13H,5H2,1H3/t6-/m1/s1. The lowest BCUT2D eigenvalue weighted by Gasteiger charge is -2.08. The first kappa shape index (κ1) is 9.92. The normalized spacial score (nSPS) is 12.6. The molecule has 1 aromatic rings. The van der Waals surface area contributed by atoms with Crippen molar-refractivity contribution in [3.63, 3.8) is 0 Å². The van der Waals surface area contributed by atoms with E-state index in [2.05, 4.69) is 5.32 Å². The molecule has 0 spiro atoms. The van der Waals surface area contributed by atoms with Gasteiger partial charge in [-0.25, -0.2) is 8.78 Å². The van der Waals surface area contributed by atoms with E-state index in [1.54, 1.807) is 6.92 Å². The van der Waals surface area contributed by atoms with Crippen LogP contribution in [-0.2, 0) is 0 Å². The molecule has 0 radical (unpaired) electrons. The van der Waals surface area contributed by atoms with E-state index >= 15 is 0 Å². The summed E-state index contributed by atoms with van der Waals surface area (Å²) in [7, 11) is 0. The lowest BCUT2D eigenvalue weighted by atomic mass is 10.3. The fraction of sp³-hybridized carbons (Fsp3) is 0.333. The molecular formula is C9H11F2NO. The van der Waals surface area contributed by atoms with Gasteiger partial charge in [-0.15, -0.1) is 0 Å². The molecule has 0 fully saturated rings. The van der Waals surface area contributed by atoms with Gasteiger partial charge in [0, 0.05) is 18.3 Å². The molecular weight excluding hydrogens is 176 g/mol. The maximum absolute atomic E-state index is 12.6. The Kier molecular flexibility index (Phi) is 3.19. The number of aliphatic hydroxyl groups excluding tert-OH is 1. The minimum absolute atomic E-state index is 0.267. The topological polar surface area (TPSA) is 32.3 Å². The largest absolute Gasteiger partial charge is 0.392 e. The molecule has 0 aromatic heterocycles. The molecule has 13 heavy (non-hydrogen) atoms. The molecule has 1 aromatic carbocycles. The van der Waals surface area contributed by atoms with Crippen molar-refractivity contribution >= 4 is 5.69 Å². The summed E-state index contributed by atoms with van der Waals surface area (Å²) in [6, 6.07) is 3.14. The van der Waals surface area contributed by atoms with Crippen LogP contribution < -0.4 is 5.32 Å². The van der Waals surface area contributed by atoms with Crippen molar-refractivity contribution in [2.75, 3.05) is 11.9 Å². The van der Waals surface area contributed by atoms with Crippen molar-refractivity contribution in [1.29, 1.82) is 0 Å². The number of rotatable bonds is 3. The molecule has 0 unspecified atom stereocenters. The smallest absolute Gasteiger partial charge is 0.128 e. The van der Waals surface area contributed by atoms with E-state index in [9.17, 15) is 8.78 Å². The van der Waals surface area contributed by atoms with E-state index in [1.807, 2.05) is 0 Å². The van der Waals surface area contributed by atoms with Crippen LogP contribution >= 0.6 is 0 Å². The van der Waals surface area contributed by atoms with Crippen molar-refractivity contribution in [3.8, 4) is 0 Å². The molecule has 0 aliphatic rings. The molecule has 0 saturated carbocycles. The summed E-state index contributed by atoms with van der Waals surface area (Å²) < 4.78 is 25.2. The number of hydrogen-bond acceptors (Lipinski definition) is 2. The van der Waals surface area contributed by atoms with Gasteiger partial charge in [-0.1, -0.05) is 0 Å². The summed E-state index contributed by atoms with van der Waals surface area (Å²) >= 11 is 0. The van der Waals surface area contributed by atoms with Gasteiger partial charge in [0.05, 0.1) is 6.10 Å². The monoisotopic (exact) mass is 187 g/mol. The predicted octanol–water partition coefficient (Wildman–Crippen LogP) is 1.76. The van der Waals surface area contributed by atoms with Gasteiger partial charge < -0.3 is 10.4 Å². The zero-order chi connectivity index (χ0) is 9.84. The summed E-state index contributed by atoms with van der Waals surface area (Å²) in [5, 5.41) is 11.6. The molecule has 1 rings (SSSR count). The minimum Gasteiger partial charge on any atom is -0.392 e. The molecule has 1 atom stereocenters. The summed E-state index contributed by atoms with van der Waals surface area (Å²) in [6.45, 7) is 1.85. The van der Waals surface area contributed by atoms with Crippen LogP contribution in [-0.4, -0.2) is 17.8 Å². The molecule has 0 saturated heterocycles. The van der Waals surface area contributed by atoms with Gasteiger partial charge in [0.1, 0.15) is 11.6 Å². The van der Waals surface area contributed by atoms with Crippen LogP contribution in [0.25, 0.3) is 0 Å². The van der Waals surface area contributed by atoms with Gasteiger partial charge in [0.15, 0.2) is 0 Å². The van der Waals surface area contributed by atoms with Crippen LogP contribution in [0.2, 0.25) is 0 Å². The molecule has 0 aliphatic heterocycles. The molecule has 2 N–H and O–H groups in total. The number of halogens is 2. The second-order valence-corrected chi connectivity index (χ2v) is 2.89. The highest BCUT2D eigenvalue weighted by Crippen LogP contribution is 2.12. The Hall–Kier alpha value is -1.16. The Morgan fingerprint density at radius 2 is 1.85 bits per heavy atom. The van der Waals surface area contributed by atoms with Crippen molar-refractivity contribution in [2.24, 2.45) is 0 Å². The van der Waals surface area contributed by atoms with E-state index in [-0.39, 0.29) is 6.54 Å². The van der Waals surface area contributed by atoms with E-state index < -0.39 is 17.7 Å². The zero-order valence-electron chi connectivity index (χ0n) is 7.22. The summed E-state index contributed by atoms with van der Waals surface area (Å²) in [5.74, 6) is -1.26. The quantitative estimate of drug-likeness (QED) is 0.755. The van der Waals surface area contributed by atoms with Crippen molar-refractivity contribution in [3.05, 3.63) is 29.8 Å². The third-order valence-electron chi connectivity index (χ3n) is 1.46. The number of benzene rings is 1. The number of nitrogens with one attached hydrogen (secondary N) is 1. The zero-order valence-corrected chi connectivity index (χ0v) is 7.22. The van der Waals surface area contributed by atoms with Gasteiger partial charge >= 0.3 is 0 Å². The highest BCUT2D eigenvalue weighted by Gasteiger charge is 2.00. The molecule has 4 heteroatoms. The molecule has 0 amide bonds. The van der Waals surface area contributed by atoms with Gasteiger partial charge in [0.25, 0.3) is 0 Å². The van der Waals surface area contributed by atoms with Crippen LogP contribution in [0.3, 0.4) is 0 Å². The Balaban J connectivity index is 2.66. The molecule has 72 valence electrons. The first-order chi connectivity index (χ1) is 6.08. The van der Waals surface area contributed by atoms with Crippen LogP contribution in [0.15, 0.2) is 18.2 Å². The van der Waals surface area contributed by atoms with Gasteiger partial charge in [-0.2, -0.15) is 0 Å². The molecule has 0 heterocycles. The Morgan fingerprint density at radius 1 is 1.31 bits per heavy atom. The van der Waals surface area contributed by atoms with Crippen molar-refractivity contribution < 1.29 is 13.9 Å². The fourth-order valence-corrected chi connectivity index (χ4v) is 0.921. The Morgan fingerprint density at radius 3 is 2.31 bits per heavy atom. The van der Waals surface area contributed by atoms with Crippen LogP contribution in [0, 0.1) is 11.6 Å². The van der Waals surface area contributed by atoms with E-state index in [0.717, 1.165) is 6.07 Å². The van der Waals surface area contributed by atoms with Gasteiger partial charge in [-0.05, 0) is 19.1 Å². The summed E-state index contributed by atoms with van der Waals surface area (Å²) in [4.78, 5) is 0. The van der Waals surface area contributed by atoms with Gasteiger partial charge in [-0.3, -0.25) is 0 Å². The average Bonchev–Trinajstić information content (AvgIpc) is 1.99. The highest BCUT2D eigenvalue weighted by atomic mass is 19.1. The Labute approximate surface area is 75.2 Å². The van der Waals surface area contributed by atoms with E-state index in [4.69, 9.17) is 5.11 Å². The lowest BCUT2D eigenvalue weighted by molar-refractivity contribution is 0.208. The van der Waals surface area contributed by atoms with Crippen LogP contribution in [0.1, 0.15) is 6.92 Å². The number of hydrogen-bond donors (Lipinski definition) is 2. The van der Waals surface area contributed by atoms with Crippen molar-refractivity contribution in [1.82, 2.24) is 0 Å². The maximum Gasteiger partial charge on any atom is 0.128 e. The summed E-state index contributed by atoms with van der Waals surface area (Å²) in [6.07, 6.45) is -0.550. The maximum atomic E-state index is 12.6. The predicted molar refractivity (Wildman–Crippen MR) is 46.5 cm³/mol. The highest BCUT2D eigenvalue weighted by molar-refractivity contribution is 5.43. The second-order valence-electron chi connectivity index (χ2n) is 2.89. The average molecular weight is 187 g/mol. The minimum atomic E-state index is -0.631. The third-order valence-corrected chi connectivity index (χ3v) is 1.46. The summed E-state index contributed by atoms with van der Waals surface area (Å²) in [5.41, 5.74) is 0.332.